The molecule has 0 fully saturated rings. The number of nitrogens with zero attached hydrogens (tertiary/aromatic N) is 1. The monoisotopic (exact) mass is 453 g/mol. The molecule has 0 radical (unpaired) electrons. The summed E-state index contributed by atoms with van der Waals surface area (Å²) in [6.07, 6.45) is -4.81. The SMILES string of the molecule is Cc1cccc([C@H](CC(=O)NCCNc2ccc(C(F)(F)F)cc2[N+](=O)[O-])NC(N)=O)c1. The second kappa shape index (κ2) is 10.5. The lowest BCUT2D eigenvalue weighted by Crippen LogP contribution is -2.37. The number of primary amides is 1. The van der Waals surface area contributed by atoms with Crippen LogP contribution >= 0.6 is 0 Å². The second-order valence-electron chi connectivity index (χ2n) is 6.94. The Kier molecular flexibility index (Phi) is 7.99. The number of nitrogens with two attached hydrogens (primary N) is 1. The topological polar surface area (TPSA) is 139 Å². The van der Waals surface area contributed by atoms with Gasteiger partial charge in [-0.25, -0.2) is 4.79 Å². The van der Waals surface area contributed by atoms with Gasteiger partial charge in [0.25, 0.3) is 5.69 Å². The van der Waals surface area contributed by atoms with E-state index >= 15 is 0 Å². The minimum Gasteiger partial charge on any atom is -0.378 e. The average Bonchev–Trinajstić information content (AvgIpc) is 2.69. The highest BCUT2D eigenvalue weighted by molar-refractivity contribution is 5.78. The van der Waals surface area contributed by atoms with Gasteiger partial charge in [0.15, 0.2) is 0 Å². The maximum atomic E-state index is 12.8. The van der Waals surface area contributed by atoms with E-state index < -0.39 is 40.3 Å². The van der Waals surface area contributed by atoms with Crippen LogP contribution in [-0.4, -0.2) is 30.0 Å². The van der Waals surface area contributed by atoms with Gasteiger partial charge in [-0.05, 0) is 24.6 Å². The van der Waals surface area contributed by atoms with E-state index in [0.29, 0.717) is 11.6 Å². The van der Waals surface area contributed by atoms with Crippen molar-refractivity contribution in [3.63, 3.8) is 0 Å². The van der Waals surface area contributed by atoms with Gasteiger partial charge >= 0.3 is 12.2 Å². The molecule has 5 N–H and O–H groups in total. The standard InChI is InChI=1S/C20H22F3N5O4/c1-12-3-2-4-13(9-12)16(27-19(24)30)11-18(29)26-8-7-25-15-6-5-14(20(21,22)23)10-17(15)28(31)32/h2-6,9-10,16,25H,7-8,11H2,1H3,(H,26,29)(H3,24,27,30)/t16-/m0/s1. The van der Waals surface area contributed by atoms with Gasteiger partial charge in [-0.15, -0.1) is 0 Å². The van der Waals surface area contributed by atoms with E-state index in [0.717, 1.165) is 17.7 Å². The maximum Gasteiger partial charge on any atom is 0.416 e. The number of anilines is 1. The number of nitro benzene ring substituents is 1. The summed E-state index contributed by atoms with van der Waals surface area (Å²) in [5.41, 5.74) is 4.85. The number of hydrogen-bond donors (Lipinski definition) is 4. The van der Waals surface area contributed by atoms with Gasteiger partial charge in [-0.3, -0.25) is 14.9 Å². The van der Waals surface area contributed by atoms with Gasteiger partial charge in [0.1, 0.15) is 5.69 Å². The largest absolute Gasteiger partial charge is 0.416 e. The summed E-state index contributed by atoms with van der Waals surface area (Å²) in [5.74, 6) is -0.422. The van der Waals surface area contributed by atoms with Crippen molar-refractivity contribution in [3.8, 4) is 0 Å². The summed E-state index contributed by atoms with van der Waals surface area (Å²) < 4.78 is 38.3. The first kappa shape index (κ1) is 24.4. The summed E-state index contributed by atoms with van der Waals surface area (Å²) in [6, 6.07) is 7.88. The van der Waals surface area contributed by atoms with Crippen LogP contribution < -0.4 is 21.7 Å². The van der Waals surface area contributed by atoms with Crippen LogP contribution in [0.4, 0.5) is 29.3 Å². The molecule has 0 aromatic heterocycles. The van der Waals surface area contributed by atoms with Gasteiger partial charge < -0.3 is 21.7 Å². The van der Waals surface area contributed by atoms with Gasteiger partial charge in [0.2, 0.25) is 5.91 Å². The molecule has 0 spiro atoms. The third kappa shape index (κ3) is 7.15. The van der Waals surface area contributed by atoms with Crippen molar-refractivity contribution in [2.24, 2.45) is 5.73 Å². The third-order valence-corrected chi connectivity index (χ3v) is 4.43. The smallest absolute Gasteiger partial charge is 0.378 e. The van der Waals surface area contributed by atoms with Gasteiger partial charge in [-0.1, -0.05) is 29.8 Å². The predicted molar refractivity (Wildman–Crippen MR) is 111 cm³/mol. The molecular formula is C20H22F3N5O4. The van der Waals surface area contributed by atoms with Crippen molar-refractivity contribution in [2.75, 3.05) is 18.4 Å². The van der Waals surface area contributed by atoms with Gasteiger partial charge in [0.05, 0.1) is 22.9 Å². The van der Waals surface area contributed by atoms with Gasteiger partial charge in [0, 0.05) is 19.2 Å². The summed E-state index contributed by atoms with van der Waals surface area (Å²) in [7, 11) is 0. The van der Waals surface area contributed by atoms with Crippen LogP contribution in [0, 0.1) is 17.0 Å². The Balaban J connectivity index is 1.95. The maximum absolute atomic E-state index is 12.8. The number of carbonyl (C=O) groups is 2. The van der Waals surface area contributed by atoms with Crippen LogP contribution in [0.15, 0.2) is 42.5 Å². The number of amides is 3. The number of nitrogens with one attached hydrogen (secondary N) is 3. The number of rotatable bonds is 9. The summed E-state index contributed by atoms with van der Waals surface area (Å²) in [6.45, 7) is 1.92. The minimum absolute atomic E-state index is 0.0241. The first-order valence-corrected chi connectivity index (χ1v) is 9.46. The number of nitro groups is 1. The highest BCUT2D eigenvalue weighted by atomic mass is 19.4. The fourth-order valence-corrected chi connectivity index (χ4v) is 2.98. The summed E-state index contributed by atoms with van der Waals surface area (Å²) in [5, 5.41) is 18.8. The number of halogens is 3. The second-order valence-corrected chi connectivity index (χ2v) is 6.94. The quantitative estimate of drug-likeness (QED) is 0.262. The lowest BCUT2D eigenvalue weighted by Gasteiger charge is -2.18. The molecule has 2 aromatic rings. The van der Waals surface area contributed by atoms with Gasteiger partial charge in [-0.2, -0.15) is 13.2 Å². The Morgan fingerprint density at radius 2 is 1.88 bits per heavy atom. The lowest BCUT2D eigenvalue weighted by molar-refractivity contribution is -0.384. The first-order chi connectivity index (χ1) is 15.0. The Morgan fingerprint density at radius 1 is 1.16 bits per heavy atom. The number of urea groups is 1. The molecule has 3 amide bonds. The molecule has 2 rings (SSSR count). The van der Waals surface area contributed by atoms with Crippen molar-refractivity contribution in [3.05, 3.63) is 69.3 Å². The van der Waals surface area contributed by atoms with E-state index in [9.17, 15) is 32.9 Å². The van der Waals surface area contributed by atoms with Crippen molar-refractivity contribution in [1.29, 1.82) is 0 Å². The fraction of sp³-hybridized carbons (Fsp3) is 0.300. The Labute approximate surface area is 181 Å². The summed E-state index contributed by atoms with van der Waals surface area (Å²) in [4.78, 5) is 33.7. The molecule has 0 aliphatic rings. The normalized spacial score (nSPS) is 12.0. The zero-order chi connectivity index (χ0) is 23.9. The van der Waals surface area contributed by atoms with E-state index in [-0.39, 0.29) is 25.2 Å². The number of aryl methyl sites for hydroxylation is 1. The molecule has 32 heavy (non-hydrogen) atoms. The van der Waals surface area contributed by atoms with E-state index in [2.05, 4.69) is 16.0 Å². The van der Waals surface area contributed by atoms with Crippen LogP contribution in [0.5, 0.6) is 0 Å². The Morgan fingerprint density at radius 3 is 2.47 bits per heavy atom. The average molecular weight is 453 g/mol. The molecule has 9 nitrogen and oxygen atoms in total. The Hall–Kier alpha value is -3.83. The molecule has 0 saturated carbocycles. The minimum atomic E-state index is -4.70. The van der Waals surface area contributed by atoms with Crippen molar-refractivity contribution in [2.45, 2.75) is 25.6 Å². The molecule has 0 heterocycles. The van der Waals surface area contributed by atoms with Crippen molar-refractivity contribution >= 4 is 23.3 Å². The zero-order valence-corrected chi connectivity index (χ0v) is 17.0. The number of benzene rings is 2. The molecule has 2 aromatic carbocycles. The van der Waals surface area contributed by atoms with E-state index in [1.807, 2.05) is 13.0 Å². The molecule has 0 saturated heterocycles. The highest BCUT2D eigenvalue weighted by Gasteiger charge is 2.33. The van der Waals surface area contributed by atoms with Crippen molar-refractivity contribution < 1.29 is 27.7 Å². The van der Waals surface area contributed by atoms with Crippen LogP contribution in [0.25, 0.3) is 0 Å². The summed E-state index contributed by atoms with van der Waals surface area (Å²) >= 11 is 0. The lowest BCUT2D eigenvalue weighted by atomic mass is 10.0. The molecule has 1 atom stereocenters. The van der Waals surface area contributed by atoms with E-state index in [4.69, 9.17) is 5.73 Å². The third-order valence-electron chi connectivity index (χ3n) is 4.43. The van der Waals surface area contributed by atoms with Crippen LogP contribution in [0.3, 0.4) is 0 Å². The van der Waals surface area contributed by atoms with Crippen molar-refractivity contribution in [1.82, 2.24) is 10.6 Å². The van der Waals surface area contributed by atoms with E-state index in [1.54, 1.807) is 18.2 Å². The molecular weight excluding hydrogens is 431 g/mol. The van der Waals surface area contributed by atoms with Crippen LogP contribution in [-0.2, 0) is 11.0 Å². The molecule has 12 heteroatoms. The molecule has 0 aliphatic heterocycles. The van der Waals surface area contributed by atoms with Crippen LogP contribution in [0.2, 0.25) is 0 Å². The number of alkyl halides is 3. The molecule has 0 bridgehead atoms. The first-order valence-electron chi connectivity index (χ1n) is 9.46. The molecule has 0 unspecified atom stereocenters. The highest BCUT2D eigenvalue weighted by Crippen LogP contribution is 2.34. The molecule has 172 valence electrons. The number of carbonyl (C=O) groups excluding carboxylic acids is 2. The zero-order valence-electron chi connectivity index (χ0n) is 17.0. The fourth-order valence-electron chi connectivity index (χ4n) is 2.98. The van der Waals surface area contributed by atoms with E-state index in [1.165, 1.54) is 0 Å². The number of hydrogen-bond acceptors (Lipinski definition) is 5. The van der Waals surface area contributed by atoms with Crippen LogP contribution in [0.1, 0.15) is 29.2 Å². The predicted octanol–water partition coefficient (Wildman–Crippen LogP) is 3.25. The Bertz CT molecular complexity index is 997. The molecule has 0 aliphatic carbocycles.